The van der Waals surface area contributed by atoms with Crippen LogP contribution < -0.4 is 0 Å². The lowest BCUT2D eigenvalue weighted by atomic mass is 9.92. The normalized spacial score (nSPS) is 11.3. The fraction of sp³-hybridized carbons (Fsp3) is 0. The van der Waals surface area contributed by atoms with Crippen LogP contribution in [0.25, 0.3) is 128 Å². The zero-order valence-corrected chi connectivity index (χ0v) is 35.7. The van der Waals surface area contributed by atoms with Gasteiger partial charge in [-0.1, -0.05) is 212 Å². The quantitative estimate of drug-likeness (QED) is 0.143. The van der Waals surface area contributed by atoms with Crippen LogP contribution in [0.15, 0.2) is 231 Å². The Balaban J connectivity index is 0.828. The third-order valence-electron chi connectivity index (χ3n) is 12.7. The molecule has 10 aromatic carbocycles. The lowest BCUT2D eigenvalue weighted by molar-refractivity contribution is 1.07. The van der Waals surface area contributed by atoms with Gasteiger partial charge < -0.3 is 0 Å². The van der Waals surface area contributed by atoms with E-state index in [1.165, 1.54) is 33.0 Å². The van der Waals surface area contributed by atoms with Gasteiger partial charge in [0.25, 0.3) is 0 Å². The molecule has 0 atom stereocenters. The molecule has 1 aliphatic rings. The molecule has 306 valence electrons. The molecular weight excluding hydrogens is 801 g/mol. The predicted octanol–water partition coefficient (Wildman–Crippen LogP) is 16.6. The second-order valence-corrected chi connectivity index (χ2v) is 16.6. The van der Waals surface area contributed by atoms with Crippen LogP contribution >= 0.6 is 0 Å². The molecular formula is C62H38N4. The van der Waals surface area contributed by atoms with Gasteiger partial charge >= 0.3 is 0 Å². The Labute approximate surface area is 383 Å². The summed E-state index contributed by atoms with van der Waals surface area (Å²) in [7, 11) is 0. The van der Waals surface area contributed by atoms with Crippen molar-refractivity contribution in [3.63, 3.8) is 0 Å². The lowest BCUT2D eigenvalue weighted by Gasteiger charge is -2.13. The zero-order chi connectivity index (χ0) is 44.0. The van der Waals surface area contributed by atoms with E-state index >= 15 is 0 Å². The molecule has 0 N–H and O–H groups in total. The van der Waals surface area contributed by atoms with Gasteiger partial charge in [0.15, 0.2) is 17.5 Å². The molecule has 0 fully saturated rings. The Bertz CT molecular complexity index is 3680. The monoisotopic (exact) mass is 838 g/mol. The Kier molecular flexibility index (Phi) is 9.51. The van der Waals surface area contributed by atoms with Crippen LogP contribution in [0.3, 0.4) is 0 Å². The highest BCUT2D eigenvalue weighted by Gasteiger charge is 2.22. The van der Waals surface area contributed by atoms with Crippen LogP contribution in [0.5, 0.6) is 0 Å². The van der Waals surface area contributed by atoms with Crippen molar-refractivity contribution in [1.82, 2.24) is 15.0 Å². The number of hydrogen-bond donors (Lipinski definition) is 0. The number of aromatic nitrogens is 3. The average molecular weight is 839 g/mol. The number of fused-ring (bicyclic) bond motifs is 3. The number of rotatable bonds is 8. The summed E-state index contributed by atoms with van der Waals surface area (Å²) in [5.41, 5.74) is 19.0. The lowest BCUT2D eigenvalue weighted by Crippen LogP contribution is -2.00. The van der Waals surface area contributed by atoms with E-state index in [0.29, 0.717) is 23.2 Å². The minimum atomic E-state index is 0.610. The van der Waals surface area contributed by atoms with Crippen molar-refractivity contribution < 1.29 is 0 Å². The van der Waals surface area contributed by atoms with Crippen LogP contribution in [-0.4, -0.2) is 15.0 Å². The van der Waals surface area contributed by atoms with Crippen LogP contribution in [0.2, 0.25) is 0 Å². The summed E-state index contributed by atoms with van der Waals surface area (Å²) in [6.45, 7) is 8.39. The second kappa shape index (κ2) is 16.3. The highest BCUT2D eigenvalue weighted by atomic mass is 15.0. The average Bonchev–Trinajstić information content (AvgIpc) is 3.73. The second-order valence-electron chi connectivity index (χ2n) is 16.6. The first-order valence-electron chi connectivity index (χ1n) is 22.1. The molecule has 0 bridgehead atoms. The summed E-state index contributed by atoms with van der Waals surface area (Å²) in [5.74, 6) is 1.86. The molecule has 4 nitrogen and oxygen atoms in total. The molecule has 1 heterocycles. The minimum absolute atomic E-state index is 0.610. The first-order chi connectivity index (χ1) is 32.6. The molecule has 1 aromatic heterocycles. The minimum Gasteiger partial charge on any atom is -0.237 e. The maximum Gasteiger partial charge on any atom is 0.202 e. The summed E-state index contributed by atoms with van der Waals surface area (Å²) in [6, 6.07) is 80.3. The first-order valence-corrected chi connectivity index (χ1v) is 22.1. The van der Waals surface area contributed by atoms with Crippen molar-refractivity contribution in [1.29, 1.82) is 0 Å². The molecule has 4 heteroatoms. The Morgan fingerprint density at radius 1 is 0.258 bits per heavy atom. The van der Waals surface area contributed by atoms with Gasteiger partial charge in [-0.25, -0.2) is 19.8 Å². The standard InChI is InChI=1S/C62H38N4/c1-63-59-52(23-12-24-53(59)50-21-8-20-48(37-50)49-35-36-54-55-25-10-17-44-18-11-26-56(58(44)55)57(54)39-49)43-31-27-41(28-32-43)42-29-33-46(34-30-42)61-64-60(45-15-6-3-7-16-45)65-62(66-61)51-22-9-19-47(38-51)40-13-4-2-5-14-40/h2-39H. The summed E-state index contributed by atoms with van der Waals surface area (Å²) < 4.78 is 0. The molecule has 0 amide bonds. The highest BCUT2D eigenvalue weighted by Crippen LogP contribution is 2.49. The van der Waals surface area contributed by atoms with Crippen molar-refractivity contribution in [2.45, 2.75) is 0 Å². The number of para-hydroxylation sites is 1. The molecule has 0 unspecified atom stereocenters. The molecule has 11 aromatic rings. The molecule has 0 saturated carbocycles. The van der Waals surface area contributed by atoms with Gasteiger partial charge in [-0.15, -0.1) is 0 Å². The number of benzene rings is 10. The smallest absolute Gasteiger partial charge is 0.202 e. The van der Waals surface area contributed by atoms with E-state index in [9.17, 15) is 0 Å². The molecule has 66 heavy (non-hydrogen) atoms. The Hall–Kier alpha value is -9.04. The predicted molar refractivity (Wildman–Crippen MR) is 272 cm³/mol. The fourth-order valence-electron chi connectivity index (χ4n) is 9.44. The fourth-order valence-corrected chi connectivity index (χ4v) is 9.44. The molecule has 0 aliphatic heterocycles. The van der Waals surface area contributed by atoms with Crippen LogP contribution in [-0.2, 0) is 0 Å². The molecule has 0 spiro atoms. The van der Waals surface area contributed by atoms with Crippen LogP contribution in [0.1, 0.15) is 0 Å². The van der Waals surface area contributed by atoms with E-state index < -0.39 is 0 Å². The van der Waals surface area contributed by atoms with Gasteiger partial charge in [0, 0.05) is 16.7 Å². The maximum absolute atomic E-state index is 8.39. The van der Waals surface area contributed by atoms with Crippen LogP contribution in [0.4, 0.5) is 5.69 Å². The third kappa shape index (κ3) is 6.93. The van der Waals surface area contributed by atoms with Crippen LogP contribution in [0, 0.1) is 6.57 Å². The van der Waals surface area contributed by atoms with Crippen molar-refractivity contribution in [2.75, 3.05) is 0 Å². The SMILES string of the molecule is [C-]#[N+]c1c(-c2ccc(-c3ccc(-c4nc(-c5ccccc5)nc(-c5cccc(-c6ccccc6)c5)n4)cc3)cc2)cccc1-c1cccc(-c2ccc3c(c2)-c2cccc4cccc-3c24)c1. The van der Waals surface area contributed by atoms with E-state index in [2.05, 4.69) is 193 Å². The zero-order valence-electron chi connectivity index (χ0n) is 35.7. The van der Waals surface area contributed by atoms with Crippen molar-refractivity contribution in [3.8, 4) is 112 Å². The highest BCUT2D eigenvalue weighted by molar-refractivity contribution is 6.15. The van der Waals surface area contributed by atoms with Gasteiger partial charge in [0.2, 0.25) is 5.69 Å². The Morgan fingerprint density at radius 3 is 1.30 bits per heavy atom. The molecule has 0 radical (unpaired) electrons. The molecule has 12 rings (SSSR count). The van der Waals surface area contributed by atoms with Gasteiger partial charge in [-0.2, -0.15) is 0 Å². The van der Waals surface area contributed by atoms with E-state index in [1.54, 1.807) is 0 Å². The number of hydrogen-bond acceptors (Lipinski definition) is 3. The van der Waals surface area contributed by atoms with Gasteiger partial charge in [0.05, 0.1) is 6.57 Å². The van der Waals surface area contributed by atoms with Gasteiger partial charge in [0.1, 0.15) is 0 Å². The molecule has 0 saturated heterocycles. The van der Waals surface area contributed by atoms with Gasteiger partial charge in [-0.05, 0) is 107 Å². The summed E-state index contributed by atoms with van der Waals surface area (Å²) in [5, 5.41) is 2.60. The number of nitrogens with zero attached hydrogens (tertiary/aromatic N) is 4. The summed E-state index contributed by atoms with van der Waals surface area (Å²) >= 11 is 0. The Morgan fingerprint density at radius 2 is 0.652 bits per heavy atom. The van der Waals surface area contributed by atoms with Crippen molar-refractivity contribution >= 4 is 16.5 Å². The molecule has 1 aliphatic carbocycles. The van der Waals surface area contributed by atoms with Crippen molar-refractivity contribution in [2.24, 2.45) is 0 Å². The van der Waals surface area contributed by atoms with Crippen molar-refractivity contribution in [3.05, 3.63) is 242 Å². The third-order valence-corrected chi connectivity index (χ3v) is 12.7. The summed E-state index contributed by atoms with van der Waals surface area (Å²) in [4.78, 5) is 19.1. The largest absolute Gasteiger partial charge is 0.237 e. The topological polar surface area (TPSA) is 43.0 Å². The maximum atomic E-state index is 8.39. The van der Waals surface area contributed by atoms with E-state index in [4.69, 9.17) is 21.5 Å². The first kappa shape index (κ1) is 38.6. The van der Waals surface area contributed by atoms with Gasteiger partial charge in [-0.3, -0.25) is 0 Å². The summed E-state index contributed by atoms with van der Waals surface area (Å²) in [6.07, 6.45) is 0. The van der Waals surface area contributed by atoms with E-state index in [0.717, 1.165) is 72.3 Å². The van der Waals surface area contributed by atoms with E-state index in [1.807, 2.05) is 42.5 Å². The van der Waals surface area contributed by atoms with E-state index in [-0.39, 0.29) is 0 Å².